The van der Waals surface area contributed by atoms with Gasteiger partial charge in [-0.2, -0.15) is 4.98 Å². The minimum Gasteiger partial charge on any atom is -0.355 e. The number of carbonyl (C=O) groups is 1. The molecule has 2 fully saturated rings. The van der Waals surface area contributed by atoms with Crippen molar-refractivity contribution in [2.45, 2.75) is 62.7 Å². The van der Waals surface area contributed by atoms with Crippen molar-refractivity contribution in [3.05, 3.63) is 47.6 Å². The van der Waals surface area contributed by atoms with Gasteiger partial charge < -0.3 is 9.84 Å². The molecule has 1 amide bonds. The first-order chi connectivity index (χ1) is 12.3. The summed E-state index contributed by atoms with van der Waals surface area (Å²) in [6.45, 7) is 0.553. The lowest BCUT2D eigenvalue weighted by Crippen LogP contribution is -2.46. The number of benzene rings is 1. The van der Waals surface area contributed by atoms with Crippen molar-refractivity contribution in [2.24, 2.45) is 0 Å². The normalized spacial score (nSPS) is 19.5. The summed E-state index contributed by atoms with van der Waals surface area (Å²) in [5.74, 6) is 2.07. The smallest absolute Gasteiger partial charge is 0.230 e. The van der Waals surface area contributed by atoms with E-state index in [2.05, 4.69) is 27.6 Å². The first-order valence-electron chi connectivity index (χ1n) is 9.44. The van der Waals surface area contributed by atoms with Gasteiger partial charge in [0.25, 0.3) is 0 Å². The number of rotatable bonds is 6. The van der Waals surface area contributed by atoms with E-state index in [1.54, 1.807) is 0 Å². The molecule has 132 valence electrons. The molecule has 0 spiro atoms. The number of amides is 1. The number of aromatic nitrogens is 2. The molecule has 0 bridgehead atoms. The van der Waals surface area contributed by atoms with E-state index in [9.17, 15) is 4.79 Å². The Morgan fingerprint density at radius 2 is 1.92 bits per heavy atom. The SMILES string of the molecule is O=C(NCCc1noc(C2CC2)n1)C1(c2ccccc2)CCCCC1. The molecule has 0 aliphatic heterocycles. The molecule has 1 aromatic heterocycles. The van der Waals surface area contributed by atoms with Crippen molar-refractivity contribution in [1.82, 2.24) is 15.5 Å². The number of nitrogens with zero attached hydrogens (tertiary/aromatic N) is 2. The van der Waals surface area contributed by atoms with Gasteiger partial charge in [0.15, 0.2) is 5.82 Å². The molecule has 2 aliphatic rings. The highest BCUT2D eigenvalue weighted by molar-refractivity contribution is 5.88. The van der Waals surface area contributed by atoms with Crippen LogP contribution < -0.4 is 5.32 Å². The van der Waals surface area contributed by atoms with Gasteiger partial charge in [0.2, 0.25) is 11.8 Å². The molecule has 1 N–H and O–H groups in total. The van der Waals surface area contributed by atoms with Gasteiger partial charge in [0.1, 0.15) is 0 Å². The largest absolute Gasteiger partial charge is 0.355 e. The van der Waals surface area contributed by atoms with Gasteiger partial charge in [0.05, 0.1) is 5.41 Å². The maximum Gasteiger partial charge on any atom is 0.230 e. The average molecular weight is 339 g/mol. The van der Waals surface area contributed by atoms with Crippen molar-refractivity contribution >= 4 is 5.91 Å². The first-order valence-corrected chi connectivity index (χ1v) is 9.44. The van der Waals surface area contributed by atoms with E-state index in [4.69, 9.17) is 4.52 Å². The van der Waals surface area contributed by atoms with Gasteiger partial charge in [-0.3, -0.25) is 4.79 Å². The van der Waals surface area contributed by atoms with Gasteiger partial charge in [0, 0.05) is 18.9 Å². The molecule has 0 radical (unpaired) electrons. The quantitative estimate of drug-likeness (QED) is 0.874. The zero-order chi connectivity index (χ0) is 17.1. The molecular weight excluding hydrogens is 314 g/mol. The molecule has 2 saturated carbocycles. The lowest BCUT2D eigenvalue weighted by Gasteiger charge is -2.36. The standard InChI is InChI=1S/C20H25N3O2/c24-19(21-14-11-17-22-18(25-23-17)15-9-10-15)20(12-5-2-6-13-20)16-7-3-1-4-8-16/h1,3-4,7-8,15H,2,5-6,9-14H2,(H,21,24). The fraction of sp³-hybridized carbons (Fsp3) is 0.550. The van der Waals surface area contributed by atoms with Crippen molar-refractivity contribution in [2.75, 3.05) is 6.54 Å². The van der Waals surface area contributed by atoms with E-state index in [-0.39, 0.29) is 11.3 Å². The van der Waals surface area contributed by atoms with Crippen LogP contribution in [0.4, 0.5) is 0 Å². The minimum atomic E-state index is -0.379. The van der Waals surface area contributed by atoms with Crippen molar-refractivity contribution in [1.29, 1.82) is 0 Å². The first kappa shape index (κ1) is 16.3. The van der Waals surface area contributed by atoms with Crippen LogP contribution in [-0.4, -0.2) is 22.6 Å². The van der Waals surface area contributed by atoms with Crippen molar-refractivity contribution in [3.8, 4) is 0 Å². The van der Waals surface area contributed by atoms with Crippen LogP contribution in [-0.2, 0) is 16.6 Å². The van der Waals surface area contributed by atoms with Crippen LogP contribution >= 0.6 is 0 Å². The van der Waals surface area contributed by atoms with Gasteiger partial charge in [-0.05, 0) is 31.2 Å². The van der Waals surface area contributed by atoms with Crippen LogP contribution in [0.5, 0.6) is 0 Å². The summed E-state index contributed by atoms with van der Waals surface area (Å²) < 4.78 is 5.28. The van der Waals surface area contributed by atoms with Crippen molar-refractivity contribution in [3.63, 3.8) is 0 Å². The predicted molar refractivity (Wildman–Crippen MR) is 94.2 cm³/mol. The Morgan fingerprint density at radius 3 is 2.64 bits per heavy atom. The summed E-state index contributed by atoms with van der Waals surface area (Å²) in [4.78, 5) is 17.5. The second kappa shape index (κ2) is 6.98. The third-order valence-electron chi connectivity index (χ3n) is 5.51. The highest BCUT2D eigenvalue weighted by Gasteiger charge is 2.40. The third-order valence-corrected chi connectivity index (χ3v) is 5.51. The number of nitrogens with one attached hydrogen (secondary N) is 1. The van der Waals surface area contributed by atoms with Crippen LogP contribution in [0.15, 0.2) is 34.9 Å². The van der Waals surface area contributed by atoms with E-state index >= 15 is 0 Å². The summed E-state index contributed by atoms with van der Waals surface area (Å²) in [6.07, 6.45) is 8.21. The maximum absolute atomic E-state index is 13.1. The van der Waals surface area contributed by atoms with Crippen LogP contribution in [0.3, 0.4) is 0 Å². The number of hydrogen-bond acceptors (Lipinski definition) is 4. The Bertz CT molecular complexity index is 716. The molecule has 0 unspecified atom stereocenters. The minimum absolute atomic E-state index is 0.143. The molecule has 5 nitrogen and oxygen atoms in total. The molecule has 1 heterocycles. The molecule has 0 saturated heterocycles. The molecule has 2 aliphatic carbocycles. The van der Waals surface area contributed by atoms with E-state index < -0.39 is 0 Å². The molecular formula is C20H25N3O2. The lowest BCUT2D eigenvalue weighted by molar-refractivity contribution is -0.128. The zero-order valence-corrected chi connectivity index (χ0v) is 14.5. The molecule has 1 aromatic carbocycles. The number of carbonyl (C=O) groups excluding carboxylic acids is 1. The predicted octanol–water partition coefficient (Wildman–Crippen LogP) is 3.51. The molecule has 5 heteroatoms. The van der Waals surface area contributed by atoms with Gasteiger partial charge in [-0.1, -0.05) is 54.8 Å². The van der Waals surface area contributed by atoms with Gasteiger partial charge >= 0.3 is 0 Å². The van der Waals surface area contributed by atoms with E-state index in [1.165, 1.54) is 6.42 Å². The monoisotopic (exact) mass is 339 g/mol. The third kappa shape index (κ3) is 3.46. The summed E-state index contributed by atoms with van der Waals surface area (Å²) in [5, 5.41) is 7.16. The Morgan fingerprint density at radius 1 is 1.16 bits per heavy atom. The van der Waals surface area contributed by atoms with Crippen molar-refractivity contribution < 1.29 is 9.32 Å². The van der Waals surface area contributed by atoms with E-state index in [0.29, 0.717) is 24.7 Å². The summed E-state index contributed by atoms with van der Waals surface area (Å²) >= 11 is 0. The molecule has 4 rings (SSSR count). The second-order valence-corrected chi connectivity index (χ2v) is 7.34. The van der Waals surface area contributed by atoms with E-state index in [1.807, 2.05) is 18.2 Å². The number of hydrogen-bond donors (Lipinski definition) is 1. The fourth-order valence-corrected chi connectivity index (χ4v) is 3.88. The van der Waals surface area contributed by atoms with Gasteiger partial charge in [-0.25, -0.2) is 0 Å². The zero-order valence-electron chi connectivity index (χ0n) is 14.5. The average Bonchev–Trinajstić information content (AvgIpc) is 3.42. The molecule has 25 heavy (non-hydrogen) atoms. The van der Waals surface area contributed by atoms with Crippen LogP contribution in [0.25, 0.3) is 0 Å². The fourth-order valence-electron chi connectivity index (χ4n) is 3.88. The topological polar surface area (TPSA) is 68.0 Å². The Labute approximate surface area is 148 Å². The highest BCUT2D eigenvalue weighted by atomic mass is 16.5. The lowest BCUT2D eigenvalue weighted by atomic mass is 9.68. The summed E-state index contributed by atoms with van der Waals surface area (Å²) in [7, 11) is 0. The Balaban J connectivity index is 1.40. The second-order valence-electron chi connectivity index (χ2n) is 7.34. The van der Waals surface area contributed by atoms with Crippen LogP contribution in [0.1, 0.15) is 68.1 Å². The maximum atomic E-state index is 13.1. The van der Waals surface area contributed by atoms with E-state index in [0.717, 1.165) is 50.0 Å². The van der Waals surface area contributed by atoms with Crippen LogP contribution in [0.2, 0.25) is 0 Å². The summed E-state index contributed by atoms with van der Waals surface area (Å²) in [6, 6.07) is 10.2. The highest BCUT2D eigenvalue weighted by Crippen LogP contribution is 2.40. The summed E-state index contributed by atoms with van der Waals surface area (Å²) in [5.41, 5.74) is 0.762. The van der Waals surface area contributed by atoms with Crippen LogP contribution in [0, 0.1) is 0 Å². The molecule has 2 aromatic rings. The van der Waals surface area contributed by atoms with Gasteiger partial charge in [-0.15, -0.1) is 0 Å². The Kier molecular flexibility index (Phi) is 4.55. The molecule has 0 atom stereocenters. The Hall–Kier alpha value is -2.17.